The maximum absolute atomic E-state index is 5.69. The highest BCUT2D eigenvalue weighted by molar-refractivity contribution is 5.53. The molecule has 2 aromatic rings. The molecule has 0 saturated heterocycles. The lowest BCUT2D eigenvalue weighted by atomic mass is 10.1. The lowest BCUT2D eigenvalue weighted by Gasteiger charge is -2.19. The number of hydrogen-bond donors (Lipinski definition) is 1. The van der Waals surface area contributed by atoms with Crippen molar-refractivity contribution in [3.05, 3.63) is 24.5 Å². The van der Waals surface area contributed by atoms with Gasteiger partial charge in [-0.3, -0.25) is 4.68 Å². The first-order valence-electron chi connectivity index (χ1n) is 6.13. The molecule has 2 heterocycles. The van der Waals surface area contributed by atoms with Crippen LogP contribution in [0.25, 0.3) is 11.3 Å². The van der Waals surface area contributed by atoms with Gasteiger partial charge in [-0.25, -0.2) is 4.98 Å². The second-order valence-corrected chi connectivity index (χ2v) is 5.45. The number of aryl methyl sites for hydroxylation is 1. The van der Waals surface area contributed by atoms with Crippen molar-refractivity contribution in [1.82, 2.24) is 20.1 Å². The number of nitrogens with zero attached hydrogens (tertiary/aromatic N) is 3. The summed E-state index contributed by atoms with van der Waals surface area (Å²) in [4.78, 5) is 4.28. The van der Waals surface area contributed by atoms with Crippen LogP contribution in [0.5, 0.6) is 0 Å². The van der Waals surface area contributed by atoms with E-state index in [4.69, 9.17) is 4.42 Å². The fourth-order valence-electron chi connectivity index (χ4n) is 1.65. The Labute approximate surface area is 107 Å². The van der Waals surface area contributed by atoms with Crippen LogP contribution in [-0.2, 0) is 13.5 Å². The number of aromatic nitrogens is 3. The Morgan fingerprint density at radius 1 is 1.33 bits per heavy atom. The third kappa shape index (κ3) is 3.43. The molecule has 5 heteroatoms. The number of oxazole rings is 1. The predicted molar refractivity (Wildman–Crippen MR) is 70.2 cm³/mol. The van der Waals surface area contributed by atoms with E-state index in [1.165, 1.54) is 0 Å². The zero-order chi connectivity index (χ0) is 13.2. The molecule has 0 aliphatic carbocycles. The Balaban J connectivity index is 1.94. The summed E-state index contributed by atoms with van der Waals surface area (Å²) in [6.45, 7) is 7.29. The van der Waals surface area contributed by atoms with Crippen LogP contribution in [0.1, 0.15) is 26.7 Å². The number of hydrogen-bond acceptors (Lipinski definition) is 4. The second kappa shape index (κ2) is 4.94. The fraction of sp³-hybridized carbons (Fsp3) is 0.538. The minimum absolute atomic E-state index is 0.124. The molecule has 0 radical (unpaired) electrons. The van der Waals surface area contributed by atoms with Crippen molar-refractivity contribution in [3.8, 4) is 11.3 Å². The van der Waals surface area contributed by atoms with Crippen molar-refractivity contribution in [1.29, 1.82) is 0 Å². The SMILES string of the molecule is Cn1cc(-c2cnc(CCNC(C)(C)C)o2)cn1. The van der Waals surface area contributed by atoms with E-state index in [0.29, 0.717) is 0 Å². The van der Waals surface area contributed by atoms with Crippen LogP contribution in [0.15, 0.2) is 23.0 Å². The highest BCUT2D eigenvalue weighted by atomic mass is 16.4. The Morgan fingerprint density at radius 2 is 2.11 bits per heavy atom. The molecule has 0 bridgehead atoms. The highest BCUT2D eigenvalue weighted by Gasteiger charge is 2.11. The van der Waals surface area contributed by atoms with E-state index < -0.39 is 0 Å². The Kier molecular flexibility index (Phi) is 3.52. The largest absolute Gasteiger partial charge is 0.441 e. The van der Waals surface area contributed by atoms with E-state index in [-0.39, 0.29) is 5.54 Å². The third-order valence-corrected chi connectivity index (χ3v) is 2.54. The van der Waals surface area contributed by atoms with Gasteiger partial charge in [-0.1, -0.05) is 0 Å². The maximum atomic E-state index is 5.69. The molecule has 0 saturated carbocycles. The summed E-state index contributed by atoms with van der Waals surface area (Å²) in [5, 5.41) is 7.52. The van der Waals surface area contributed by atoms with Crippen molar-refractivity contribution in [2.75, 3.05) is 6.54 Å². The molecule has 0 fully saturated rings. The van der Waals surface area contributed by atoms with Crippen molar-refractivity contribution in [3.63, 3.8) is 0 Å². The fourth-order valence-corrected chi connectivity index (χ4v) is 1.65. The monoisotopic (exact) mass is 248 g/mol. The van der Waals surface area contributed by atoms with Crippen LogP contribution in [0.4, 0.5) is 0 Å². The van der Waals surface area contributed by atoms with Gasteiger partial charge in [0, 0.05) is 31.7 Å². The van der Waals surface area contributed by atoms with E-state index in [2.05, 4.69) is 36.2 Å². The summed E-state index contributed by atoms with van der Waals surface area (Å²) in [5.41, 5.74) is 1.08. The molecule has 0 spiro atoms. The molecule has 98 valence electrons. The van der Waals surface area contributed by atoms with Crippen LogP contribution in [0.3, 0.4) is 0 Å². The third-order valence-electron chi connectivity index (χ3n) is 2.54. The van der Waals surface area contributed by atoms with Crippen LogP contribution in [0, 0.1) is 0 Å². The molecule has 0 unspecified atom stereocenters. The Hall–Kier alpha value is -1.62. The minimum Gasteiger partial charge on any atom is -0.441 e. The molecular formula is C13H20N4O. The lowest BCUT2D eigenvalue weighted by Crippen LogP contribution is -2.37. The van der Waals surface area contributed by atoms with E-state index in [9.17, 15) is 0 Å². The smallest absolute Gasteiger partial charge is 0.196 e. The zero-order valence-electron chi connectivity index (χ0n) is 11.4. The van der Waals surface area contributed by atoms with Gasteiger partial charge in [0.15, 0.2) is 11.7 Å². The molecule has 0 aliphatic rings. The Morgan fingerprint density at radius 3 is 2.72 bits per heavy atom. The molecular weight excluding hydrogens is 228 g/mol. The summed E-state index contributed by atoms with van der Waals surface area (Å²) >= 11 is 0. The summed E-state index contributed by atoms with van der Waals surface area (Å²) in [5.74, 6) is 1.53. The van der Waals surface area contributed by atoms with Gasteiger partial charge in [0.1, 0.15) is 0 Å². The summed E-state index contributed by atoms with van der Waals surface area (Å²) in [7, 11) is 1.88. The van der Waals surface area contributed by atoms with Gasteiger partial charge in [-0.15, -0.1) is 0 Å². The first-order chi connectivity index (χ1) is 8.44. The van der Waals surface area contributed by atoms with Crippen molar-refractivity contribution < 1.29 is 4.42 Å². The molecule has 5 nitrogen and oxygen atoms in total. The van der Waals surface area contributed by atoms with Crippen LogP contribution in [0.2, 0.25) is 0 Å². The molecule has 2 aromatic heterocycles. The van der Waals surface area contributed by atoms with Gasteiger partial charge in [0.05, 0.1) is 18.0 Å². The molecule has 18 heavy (non-hydrogen) atoms. The average molecular weight is 248 g/mol. The summed E-state index contributed by atoms with van der Waals surface area (Å²) < 4.78 is 7.44. The normalized spacial score (nSPS) is 12.0. The van der Waals surface area contributed by atoms with Gasteiger partial charge < -0.3 is 9.73 Å². The quantitative estimate of drug-likeness (QED) is 0.899. The average Bonchev–Trinajstić information content (AvgIpc) is 2.85. The molecule has 0 aromatic carbocycles. The van der Waals surface area contributed by atoms with Gasteiger partial charge in [-0.2, -0.15) is 5.10 Å². The van der Waals surface area contributed by atoms with Crippen LogP contribution >= 0.6 is 0 Å². The molecule has 0 amide bonds. The van der Waals surface area contributed by atoms with E-state index >= 15 is 0 Å². The van der Waals surface area contributed by atoms with E-state index in [1.54, 1.807) is 17.1 Å². The van der Waals surface area contributed by atoms with Gasteiger partial charge >= 0.3 is 0 Å². The summed E-state index contributed by atoms with van der Waals surface area (Å²) in [6.07, 6.45) is 6.23. The first kappa shape index (κ1) is 12.8. The van der Waals surface area contributed by atoms with Crippen molar-refractivity contribution >= 4 is 0 Å². The van der Waals surface area contributed by atoms with Crippen molar-refractivity contribution in [2.45, 2.75) is 32.7 Å². The minimum atomic E-state index is 0.124. The molecule has 1 N–H and O–H groups in total. The van der Waals surface area contributed by atoms with Gasteiger partial charge in [-0.05, 0) is 20.8 Å². The molecule has 0 atom stereocenters. The Bertz CT molecular complexity index is 507. The number of nitrogens with one attached hydrogen (secondary N) is 1. The zero-order valence-corrected chi connectivity index (χ0v) is 11.4. The van der Waals surface area contributed by atoms with Crippen LogP contribution < -0.4 is 5.32 Å². The molecule has 0 aliphatic heterocycles. The topological polar surface area (TPSA) is 55.9 Å². The maximum Gasteiger partial charge on any atom is 0.196 e. The second-order valence-electron chi connectivity index (χ2n) is 5.45. The molecule has 2 rings (SSSR count). The van der Waals surface area contributed by atoms with E-state index in [1.807, 2.05) is 13.2 Å². The van der Waals surface area contributed by atoms with Crippen molar-refractivity contribution in [2.24, 2.45) is 7.05 Å². The van der Waals surface area contributed by atoms with Crippen LogP contribution in [-0.4, -0.2) is 26.8 Å². The lowest BCUT2D eigenvalue weighted by molar-refractivity contribution is 0.412. The summed E-state index contributed by atoms with van der Waals surface area (Å²) in [6, 6.07) is 0. The van der Waals surface area contributed by atoms with E-state index in [0.717, 1.165) is 30.2 Å². The van der Waals surface area contributed by atoms with Gasteiger partial charge in [0.2, 0.25) is 0 Å². The number of rotatable bonds is 4. The van der Waals surface area contributed by atoms with Gasteiger partial charge in [0.25, 0.3) is 0 Å². The highest BCUT2D eigenvalue weighted by Crippen LogP contribution is 2.19. The first-order valence-corrected chi connectivity index (χ1v) is 6.13. The predicted octanol–water partition coefficient (Wildman–Crippen LogP) is 2.01. The standard InChI is InChI=1S/C13H20N4O/c1-13(2,3)15-6-5-12-14-8-11(18-12)10-7-16-17(4)9-10/h7-9,15H,5-6H2,1-4H3.